The van der Waals surface area contributed by atoms with Crippen molar-refractivity contribution in [3.05, 3.63) is 66.2 Å². The molecule has 0 amide bonds. The molecular formula is C15H15NO2S. The van der Waals surface area contributed by atoms with E-state index in [4.69, 9.17) is 0 Å². The van der Waals surface area contributed by atoms with Gasteiger partial charge in [0.1, 0.15) is 0 Å². The molecular weight excluding hydrogens is 258 g/mol. The number of benzene rings is 2. The highest BCUT2D eigenvalue weighted by Gasteiger charge is 2.37. The van der Waals surface area contributed by atoms with Gasteiger partial charge >= 0.3 is 0 Å². The summed E-state index contributed by atoms with van der Waals surface area (Å²) >= 11 is 0. The molecule has 0 saturated carbocycles. The summed E-state index contributed by atoms with van der Waals surface area (Å²) in [5.74, 6) is 0.319. The summed E-state index contributed by atoms with van der Waals surface area (Å²) in [4.78, 5) is 0.376. The Bertz CT molecular complexity index is 647. The molecule has 2 aromatic rings. The fraction of sp³-hybridized carbons (Fsp3) is 0.200. The SMILES string of the molecule is O=S(=O)(c1ccccc1)N1CC(c2ccccc2)C1. The maximum Gasteiger partial charge on any atom is 0.243 e. The summed E-state index contributed by atoms with van der Waals surface area (Å²) in [6.07, 6.45) is 0. The molecule has 98 valence electrons. The van der Waals surface area contributed by atoms with Crippen molar-refractivity contribution in [2.24, 2.45) is 0 Å². The summed E-state index contributed by atoms with van der Waals surface area (Å²) in [6.45, 7) is 1.14. The van der Waals surface area contributed by atoms with Crippen LogP contribution in [-0.4, -0.2) is 25.8 Å². The Balaban J connectivity index is 1.74. The quantitative estimate of drug-likeness (QED) is 0.861. The monoisotopic (exact) mass is 273 g/mol. The van der Waals surface area contributed by atoms with Crippen molar-refractivity contribution in [2.75, 3.05) is 13.1 Å². The smallest absolute Gasteiger partial charge is 0.207 e. The van der Waals surface area contributed by atoms with Crippen LogP contribution in [0.3, 0.4) is 0 Å². The molecule has 0 aromatic heterocycles. The molecule has 0 unspecified atom stereocenters. The Morgan fingerprint density at radius 1 is 0.842 bits per heavy atom. The predicted molar refractivity (Wildman–Crippen MR) is 74.4 cm³/mol. The lowest BCUT2D eigenvalue weighted by molar-refractivity contribution is 0.264. The van der Waals surface area contributed by atoms with Crippen molar-refractivity contribution in [3.63, 3.8) is 0 Å². The standard InChI is InChI=1S/C15H15NO2S/c17-19(18,15-9-5-2-6-10-15)16-11-14(12-16)13-7-3-1-4-8-13/h1-10,14H,11-12H2. The van der Waals surface area contributed by atoms with Gasteiger partial charge in [0, 0.05) is 19.0 Å². The van der Waals surface area contributed by atoms with E-state index in [1.807, 2.05) is 24.3 Å². The summed E-state index contributed by atoms with van der Waals surface area (Å²) in [5, 5.41) is 0. The normalized spacial score (nSPS) is 17.1. The fourth-order valence-electron chi connectivity index (χ4n) is 2.31. The van der Waals surface area contributed by atoms with Crippen molar-refractivity contribution in [3.8, 4) is 0 Å². The van der Waals surface area contributed by atoms with Gasteiger partial charge in [0.25, 0.3) is 0 Å². The van der Waals surface area contributed by atoms with Crippen LogP contribution in [0.15, 0.2) is 65.6 Å². The first-order chi connectivity index (χ1) is 9.18. The Morgan fingerprint density at radius 3 is 1.95 bits per heavy atom. The molecule has 1 aliphatic heterocycles. The topological polar surface area (TPSA) is 37.4 Å². The molecule has 0 N–H and O–H groups in total. The van der Waals surface area contributed by atoms with Crippen molar-refractivity contribution in [2.45, 2.75) is 10.8 Å². The highest BCUT2D eigenvalue weighted by atomic mass is 32.2. The summed E-state index contributed by atoms with van der Waals surface area (Å²) in [6, 6.07) is 18.7. The third-order valence-corrected chi connectivity index (χ3v) is 5.35. The molecule has 0 radical (unpaired) electrons. The van der Waals surface area contributed by atoms with Gasteiger partial charge in [-0.05, 0) is 17.7 Å². The highest BCUT2D eigenvalue weighted by molar-refractivity contribution is 7.89. The van der Waals surface area contributed by atoms with E-state index in [0.717, 1.165) is 0 Å². The van der Waals surface area contributed by atoms with Gasteiger partial charge in [-0.1, -0.05) is 48.5 Å². The van der Waals surface area contributed by atoms with E-state index in [2.05, 4.69) is 12.1 Å². The molecule has 0 bridgehead atoms. The van der Waals surface area contributed by atoms with Crippen molar-refractivity contribution >= 4 is 10.0 Å². The van der Waals surface area contributed by atoms with Crippen LogP contribution in [0.25, 0.3) is 0 Å². The maximum absolute atomic E-state index is 12.3. The van der Waals surface area contributed by atoms with Gasteiger partial charge in [0.2, 0.25) is 10.0 Å². The largest absolute Gasteiger partial charge is 0.243 e. The van der Waals surface area contributed by atoms with Gasteiger partial charge in [0.15, 0.2) is 0 Å². The van der Waals surface area contributed by atoms with Gasteiger partial charge in [-0.15, -0.1) is 0 Å². The first kappa shape index (κ1) is 12.4. The average molecular weight is 273 g/mol. The molecule has 1 heterocycles. The lowest BCUT2D eigenvalue weighted by Gasteiger charge is -2.38. The summed E-state index contributed by atoms with van der Waals surface area (Å²) in [7, 11) is -3.31. The Kier molecular flexibility index (Phi) is 3.12. The second kappa shape index (κ2) is 4.79. The molecule has 2 aromatic carbocycles. The summed E-state index contributed by atoms with van der Waals surface area (Å²) in [5.41, 5.74) is 1.21. The highest BCUT2D eigenvalue weighted by Crippen LogP contribution is 2.31. The first-order valence-electron chi connectivity index (χ1n) is 6.28. The lowest BCUT2D eigenvalue weighted by Crippen LogP contribution is -2.48. The second-order valence-electron chi connectivity index (χ2n) is 4.74. The van der Waals surface area contributed by atoms with E-state index in [1.165, 1.54) is 5.56 Å². The Hall–Kier alpha value is -1.65. The average Bonchev–Trinajstić information content (AvgIpc) is 2.39. The molecule has 3 nitrogen and oxygen atoms in total. The van der Waals surface area contributed by atoms with E-state index >= 15 is 0 Å². The molecule has 1 saturated heterocycles. The van der Waals surface area contributed by atoms with Crippen LogP contribution in [0.2, 0.25) is 0 Å². The van der Waals surface area contributed by atoms with Gasteiger partial charge in [0.05, 0.1) is 4.90 Å². The zero-order valence-electron chi connectivity index (χ0n) is 10.4. The third-order valence-electron chi connectivity index (χ3n) is 3.50. The number of rotatable bonds is 3. The lowest BCUT2D eigenvalue weighted by atomic mass is 9.94. The predicted octanol–water partition coefficient (Wildman–Crippen LogP) is 2.47. The van der Waals surface area contributed by atoms with Crippen LogP contribution in [0.5, 0.6) is 0 Å². The summed E-state index contributed by atoms with van der Waals surface area (Å²) < 4.78 is 26.2. The van der Waals surface area contributed by atoms with Gasteiger partial charge in [-0.3, -0.25) is 0 Å². The van der Waals surface area contributed by atoms with E-state index in [-0.39, 0.29) is 0 Å². The second-order valence-corrected chi connectivity index (χ2v) is 6.68. The van der Waals surface area contributed by atoms with Gasteiger partial charge < -0.3 is 0 Å². The van der Waals surface area contributed by atoms with Crippen molar-refractivity contribution in [1.82, 2.24) is 4.31 Å². The number of hydrogen-bond donors (Lipinski definition) is 0. The zero-order chi connectivity index (χ0) is 13.3. The van der Waals surface area contributed by atoms with Crippen LogP contribution in [0, 0.1) is 0 Å². The van der Waals surface area contributed by atoms with Crippen LogP contribution in [-0.2, 0) is 10.0 Å². The molecule has 1 aliphatic rings. The Labute approximate surface area is 113 Å². The molecule has 0 atom stereocenters. The first-order valence-corrected chi connectivity index (χ1v) is 7.72. The maximum atomic E-state index is 12.3. The number of hydrogen-bond acceptors (Lipinski definition) is 2. The number of nitrogens with zero attached hydrogens (tertiary/aromatic N) is 1. The minimum absolute atomic E-state index is 0.319. The molecule has 0 aliphatic carbocycles. The molecule has 1 fully saturated rings. The Morgan fingerprint density at radius 2 is 1.37 bits per heavy atom. The van der Waals surface area contributed by atoms with E-state index in [0.29, 0.717) is 23.9 Å². The molecule has 19 heavy (non-hydrogen) atoms. The van der Waals surface area contributed by atoms with Crippen molar-refractivity contribution in [1.29, 1.82) is 0 Å². The molecule has 0 spiro atoms. The van der Waals surface area contributed by atoms with Gasteiger partial charge in [-0.2, -0.15) is 4.31 Å². The number of sulfonamides is 1. The van der Waals surface area contributed by atoms with Crippen LogP contribution in [0.1, 0.15) is 11.5 Å². The minimum Gasteiger partial charge on any atom is -0.207 e. The van der Waals surface area contributed by atoms with Gasteiger partial charge in [-0.25, -0.2) is 8.42 Å². The van der Waals surface area contributed by atoms with Crippen molar-refractivity contribution < 1.29 is 8.42 Å². The zero-order valence-corrected chi connectivity index (χ0v) is 11.3. The van der Waals surface area contributed by atoms with E-state index in [9.17, 15) is 8.42 Å². The molecule has 3 rings (SSSR count). The van der Waals surface area contributed by atoms with E-state index in [1.54, 1.807) is 28.6 Å². The minimum atomic E-state index is -3.31. The van der Waals surface area contributed by atoms with Crippen LogP contribution >= 0.6 is 0 Å². The van der Waals surface area contributed by atoms with E-state index < -0.39 is 10.0 Å². The molecule has 4 heteroatoms. The third kappa shape index (κ3) is 2.29. The van der Waals surface area contributed by atoms with Crippen LogP contribution < -0.4 is 0 Å². The fourth-order valence-corrected chi connectivity index (χ4v) is 3.86. The van der Waals surface area contributed by atoms with Crippen LogP contribution in [0.4, 0.5) is 0 Å².